The monoisotopic (exact) mass is 365 g/mol. The number of anilines is 2. The normalized spacial score (nSPS) is 10.7. The van der Waals surface area contributed by atoms with Crippen molar-refractivity contribution in [3.8, 4) is 0 Å². The smallest absolute Gasteiger partial charge is 0.196 e. The van der Waals surface area contributed by atoms with Crippen molar-refractivity contribution in [3.05, 3.63) is 58.8 Å². The summed E-state index contributed by atoms with van der Waals surface area (Å²) in [6, 6.07) is 12.9. The molecule has 0 saturated heterocycles. The van der Waals surface area contributed by atoms with Crippen molar-refractivity contribution < 1.29 is 4.42 Å². The van der Waals surface area contributed by atoms with Crippen LogP contribution in [0.15, 0.2) is 53.2 Å². The van der Waals surface area contributed by atoms with Gasteiger partial charge < -0.3 is 9.73 Å². The number of para-hydroxylation sites is 1. The zero-order valence-corrected chi connectivity index (χ0v) is 13.9. The number of nitrogens with one attached hydrogen (secondary N) is 1. The highest BCUT2D eigenvalue weighted by Gasteiger charge is 2.13. The summed E-state index contributed by atoms with van der Waals surface area (Å²) in [6.07, 6.45) is 1.50. The zero-order valence-electron chi connectivity index (χ0n) is 11.6. The number of fused-ring (bicyclic) bond motifs is 3. The molecular formula is C16H10Cl3N3O. The molecule has 2 heterocycles. The summed E-state index contributed by atoms with van der Waals surface area (Å²) in [5.74, 6) is 0.569. The lowest BCUT2D eigenvalue weighted by molar-refractivity contribution is 0.667. The molecule has 2 aromatic heterocycles. The first-order valence-corrected chi connectivity index (χ1v) is 7.32. The second-order valence-corrected chi connectivity index (χ2v) is 5.65. The van der Waals surface area contributed by atoms with Crippen LogP contribution in [-0.4, -0.2) is 9.97 Å². The van der Waals surface area contributed by atoms with Crippen LogP contribution in [0.25, 0.3) is 22.1 Å². The van der Waals surface area contributed by atoms with Crippen LogP contribution < -0.4 is 5.32 Å². The Balaban J connectivity index is 0.00000156. The van der Waals surface area contributed by atoms with E-state index in [1.165, 1.54) is 6.33 Å². The largest absolute Gasteiger partial charge is 0.450 e. The lowest BCUT2D eigenvalue weighted by Crippen LogP contribution is -1.94. The molecular weight excluding hydrogens is 357 g/mol. The first-order valence-electron chi connectivity index (χ1n) is 6.56. The van der Waals surface area contributed by atoms with Crippen LogP contribution in [-0.2, 0) is 0 Å². The summed E-state index contributed by atoms with van der Waals surface area (Å²) in [4.78, 5) is 8.56. The summed E-state index contributed by atoms with van der Waals surface area (Å²) in [5.41, 5.74) is 2.86. The molecule has 0 unspecified atom stereocenters. The van der Waals surface area contributed by atoms with E-state index in [-0.39, 0.29) is 12.4 Å². The first kappa shape index (κ1) is 15.9. The van der Waals surface area contributed by atoms with E-state index >= 15 is 0 Å². The Kier molecular flexibility index (Phi) is 4.31. The lowest BCUT2D eigenvalue weighted by atomic mass is 10.2. The summed E-state index contributed by atoms with van der Waals surface area (Å²) in [7, 11) is 0. The molecule has 0 radical (unpaired) electrons. The van der Waals surface area contributed by atoms with Gasteiger partial charge >= 0.3 is 0 Å². The fourth-order valence-corrected chi connectivity index (χ4v) is 2.90. The minimum absolute atomic E-state index is 0. The Morgan fingerprint density at radius 3 is 2.48 bits per heavy atom. The third-order valence-electron chi connectivity index (χ3n) is 3.28. The van der Waals surface area contributed by atoms with E-state index in [2.05, 4.69) is 15.3 Å². The van der Waals surface area contributed by atoms with Crippen molar-refractivity contribution in [2.75, 3.05) is 5.32 Å². The van der Waals surface area contributed by atoms with E-state index in [1.54, 1.807) is 18.2 Å². The molecule has 0 amide bonds. The van der Waals surface area contributed by atoms with Gasteiger partial charge in [0.15, 0.2) is 11.4 Å². The minimum Gasteiger partial charge on any atom is -0.450 e. The van der Waals surface area contributed by atoms with E-state index in [4.69, 9.17) is 27.6 Å². The van der Waals surface area contributed by atoms with Gasteiger partial charge in [-0.05, 0) is 30.3 Å². The fourth-order valence-electron chi connectivity index (χ4n) is 2.38. The molecule has 0 bridgehead atoms. The maximum absolute atomic E-state index is 6.02. The van der Waals surface area contributed by atoms with Crippen molar-refractivity contribution in [1.29, 1.82) is 0 Å². The van der Waals surface area contributed by atoms with Gasteiger partial charge in [0.25, 0.3) is 0 Å². The number of hydrogen-bond acceptors (Lipinski definition) is 4. The average molecular weight is 367 g/mol. The number of halogens is 3. The van der Waals surface area contributed by atoms with Crippen LogP contribution in [0.5, 0.6) is 0 Å². The van der Waals surface area contributed by atoms with Crippen LogP contribution in [0.2, 0.25) is 10.0 Å². The van der Waals surface area contributed by atoms with Gasteiger partial charge in [0.05, 0.1) is 0 Å². The molecule has 1 N–H and O–H groups in total. The molecule has 4 rings (SSSR count). The average Bonchev–Trinajstić information content (AvgIpc) is 2.86. The molecule has 0 aliphatic rings. The van der Waals surface area contributed by atoms with Crippen molar-refractivity contribution in [2.24, 2.45) is 0 Å². The van der Waals surface area contributed by atoms with Gasteiger partial charge in [0, 0.05) is 21.1 Å². The highest BCUT2D eigenvalue weighted by molar-refractivity contribution is 6.35. The molecule has 0 atom stereocenters. The number of benzene rings is 2. The molecule has 7 heteroatoms. The Hall–Kier alpha value is -2.01. The highest BCUT2D eigenvalue weighted by Crippen LogP contribution is 2.32. The predicted molar refractivity (Wildman–Crippen MR) is 96.3 cm³/mol. The predicted octanol–water partition coefficient (Wildman–Crippen LogP) is 5.85. The topological polar surface area (TPSA) is 51.0 Å². The fraction of sp³-hybridized carbons (Fsp3) is 0. The Morgan fingerprint density at radius 2 is 1.70 bits per heavy atom. The van der Waals surface area contributed by atoms with E-state index in [9.17, 15) is 0 Å². The van der Waals surface area contributed by atoms with Crippen LogP contribution in [0.1, 0.15) is 0 Å². The van der Waals surface area contributed by atoms with Crippen LogP contribution in [0.4, 0.5) is 11.5 Å². The summed E-state index contributed by atoms with van der Waals surface area (Å²) in [5, 5.41) is 5.22. The Labute approximate surface area is 147 Å². The molecule has 4 aromatic rings. The first-order chi connectivity index (χ1) is 10.7. The summed E-state index contributed by atoms with van der Waals surface area (Å²) in [6.45, 7) is 0. The zero-order chi connectivity index (χ0) is 15.1. The lowest BCUT2D eigenvalue weighted by Gasteiger charge is -2.06. The Bertz CT molecular complexity index is 980. The summed E-state index contributed by atoms with van der Waals surface area (Å²) < 4.78 is 5.86. The molecule has 0 spiro atoms. The number of furan rings is 1. The van der Waals surface area contributed by atoms with E-state index in [0.29, 0.717) is 21.4 Å². The van der Waals surface area contributed by atoms with Crippen molar-refractivity contribution in [3.63, 3.8) is 0 Å². The number of aromatic nitrogens is 2. The molecule has 0 aliphatic heterocycles. The SMILES string of the molecule is Cl.Clc1cc(Cl)cc(Nc2ncnc3c2oc2ccccc23)c1. The van der Waals surface area contributed by atoms with Crippen LogP contribution >= 0.6 is 35.6 Å². The van der Waals surface area contributed by atoms with Gasteiger partial charge in [-0.25, -0.2) is 9.97 Å². The number of hydrogen-bond donors (Lipinski definition) is 1. The molecule has 4 nitrogen and oxygen atoms in total. The maximum atomic E-state index is 6.02. The van der Waals surface area contributed by atoms with Crippen LogP contribution in [0, 0.1) is 0 Å². The van der Waals surface area contributed by atoms with Gasteiger partial charge in [-0.3, -0.25) is 0 Å². The highest BCUT2D eigenvalue weighted by atomic mass is 35.5. The van der Waals surface area contributed by atoms with E-state index in [1.807, 2.05) is 24.3 Å². The van der Waals surface area contributed by atoms with E-state index < -0.39 is 0 Å². The molecule has 116 valence electrons. The van der Waals surface area contributed by atoms with Crippen molar-refractivity contribution in [1.82, 2.24) is 9.97 Å². The van der Waals surface area contributed by atoms with Gasteiger partial charge in [-0.1, -0.05) is 35.3 Å². The third kappa shape index (κ3) is 2.93. The standard InChI is InChI=1S/C16H9Cl2N3O.ClH/c17-9-5-10(18)7-11(6-9)21-16-15-14(19-8-20-16)12-3-1-2-4-13(12)22-15;/h1-8H,(H,19,20,21);1H. The van der Waals surface area contributed by atoms with Gasteiger partial charge in [0.1, 0.15) is 17.4 Å². The van der Waals surface area contributed by atoms with Gasteiger partial charge in [0.2, 0.25) is 0 Å². The van der Waals surface area contributed by atoms with Crippen molar-refractivity contribution in [2.45, 2.75) is 0 Å². The molecule has 0 fully saturated rings. The van der Waals surface area contributed by atoms with Gasteiger partial charge in [-0.15, -0.1) is 12.4 Å². The minimum atomic E-state index is 0. The Morgan fingerprint density at radius 1 is 0.957 bits per heavy atom. The second-order valence-electron chi connectivity index (χ2n) is 4.78. The van der Waals surface area contributed by atoms with Crippen LogP contribution in [0.3, 0.4) is 0 Å². The number of rotatable bonds is 2. The maximum Gasteiger partial charge on any atom is 0.196 e. The quantitative estimate of drug-likeness (QED) is 0.483. The second kappa shape index (κ2) is 6.24. The molecule has 2 aromatic carbocycles. The molecule has 0 aliphatic carbocycles. The van der Waals surface area contributed by atoms with E-state index in [0.717, 1.165) is 22.2 Å². The molecule has 0 saturated carbocycles. The van der Waals surface area contributed by atoms with Gasteiger partial charge in [-0.2, -0.15) is 0 Å². The summed E-state index contributed by atoms with van der Waals surface area (Å²) >= 11 is 12.0. The third-order valence-corrected chi connectivity index (χ3v) is 3.72. The van der Waals surface area contributed by atoms with Crippen molar-refractivity contribution >= 4 is 69.2 Å². The number of nitrogens with zero attached hydrogens (tertiary/aromatic N) is 2. The molecule has 23 heavy (non-hydrogen) atoms.